The first-order valence-electron chi connectivity index (χ1n) is 9.69. The summed E-state index contributed by atoms with van der Waals surface area (Å²) in [6.07, 6.45) is 6.44. The van der Waals surface area contributed by atoms with Crippen LogP contribution in [0.1, 0.15) is 24.0 Å². The van der Waals surface area contributed by atoms with Crippen molar-refractivity contribution in [3.63, 3.8) is 0 Å². The first kappa shape index (κ1) is 18.2. The summed E-state index contributed by atoms with van der Waals surface area (Å²) < 4.78 is 0. The largest absolute Gasteiger partial charge is 0.334 e. The van der Waals surface area contributed by atoms with Crippen LogP contribution in [0.25, 0.3) is 10.8 Å². The van der Waals surface area contributed by atoms with Crippen molar-refractivity contribution < 1.29 is 4.79 Å². The van der Waals surface area contributed by atoms with Crippen LogP contribution in [-0.4, -0.2) is 16.9 Å². The predicted octanol–water partition coefficient (Wildman–Crippen LogP) is 4.28. The Labute approximate surface area is 164 Å². The normalized spacial score (nSPS) is 17.9. The number of hydrogen-bond acceptors (Lipinski definition) is 3. The highest BCUT2D eigenvalue weighted by Crippen LogP contribution is 2.42. The van der Waals surface area contributed by atoms with Gasteiger partial charge in [-0.2, -0.15) is 0 Å². The molecule has 4 rings (SSSR count). The van der Waals surface area contributed by atoms with E-state index in [1.54, 1.807) is 12.4 Å². The molecule has 1 heterocycles. The number of aryl methyl sites for hydroxylation is 1. The zero-order valence-electron chi connectivity index (χ0n) is 15.7. The van der Waals surface area contributed by atoms with Gasteiger partial charge in [-0.1, -0.05) is 48.5 Å². The molecule has 28 heavy (non-hydrogen) atoms. The third-order valence-electron chi connectivity index (χ3n) is 5.38. The molecule has 0 bridgehead atoms. The fourth-order valence-corrected chi connectivity index (χ4v) is 3.72. The highest BCUT2D eigenvalue weighted by molar-refractivity contribution is 5.98. The van der Waals surface area contributed by atoms with Gasteiger partial charge in [0.2, 0.25) is 0 Å². The van der Waals surface area contributed by atoms with Crippen molar-refractivity contribution in [1.82, 2.24) is 15.6 Å². The number of carbonyl (C=O) groups excluding carboxylic acids is 1. The van der Waals surface area contributed by atoms with Gasteiger partial charge in [0, 0.05) is 24.9 Å². The Balaban J connectivity index is 1.24. The van der Waals surface area contributed by atoms with Crippen LogP contribution in [0, 0.1) is 17.2 Å². The predicted molar refractivity (Wildman–Crippen MR) is 111 cm³/mol. The number of rotatable bonds is 6. The molecular weight excluding hydrogens is 348 g/mol. The summed E-state index contributed by atoms with van der Waals surface area (Å²) in [7, 11) is 0. The lowest BCUT2D eigenvalue weighted by Gasteiger charge is -2.09. The molecule has 1 aromatic heterocycles. The maximum atomic E-state index is 12.0. The van der Waals surface area contributed by atoms with Gasteiger partial charge in [-0.25, -0.2) is 4.79 Å². The number of aromatic nitrogens is 1. The second-order valence-electron chi connectivity index (χ2n) is 7.36. The van der Waals surface area contributed by atoms with Crippen LogP contribution >= 0.6 is 0 Å². The fourth-order valence-electron chi connectivity index (χ4n) is 3.72. The molecule has 1 saturated carbocycles. The zero-order valence-corrected chi connectivity index (χ0v) is 15.7. The van der Waals surface area contributed by atoms with E-state index in [0.717, 1.165) is 24.8 Å². The summed E-state index contributed by atoms with van der Waals surface area (Å²) in [5.74, 6) is 0.968. The van der Waals surface area contributed by atoms with Crippen molar-refractivity contribution in [2.75, 3.05) is 0 Å². The molecule has 2 amide bonds. The van der Waals surface area contributed by atoms with E-state index in [9.17, 15) is 4.79 Å². The summed E-state index contributed by atoms with van der Waals surface area (Å²) in [5.41, 5.74) is 2.29. The highest BCUT2D eigenvalue weighted by Gasteiger charge is 2.40. The lowest BCUT2D eigenvalue weighted by Crippen LogP contribution is -2.39. The van der Waals surface area contributed by atoms with Crippen LogP contribution in [-0.2, 0) is 13.0 Å². The van der Waals surface area contributed by atoms with Crippen molar-refractivity contribution >= 4 is 22.6 Å². The molecule has 0 saturated heterocycles. The Hall–Kier alpha value is -3.21. The summed E-state index contributed by atoms with van der Waals surface area (Å²) >= 11 is 0. The number of hydrogen-bond donors (Lipinski definition) is 3. The van der Waals surface area contributed by atoms with Gasteiger partial charge in [-0.05, 0) is 53.1 Å². The van der Waals surface area contributed by atoms with E-state index in [-0.39, 0.29) is 11.9 Å². The van der Waals surface area contributed by atoms with Crippen LogP contribution < -0.4 is 10.6 Å². The number of amides is 2. The standard InChI is InChI=1S/C23H24N4O/c24-22(27-23(28)26-15-16-5-4-12-25-14-16)21-13-19(21)11-10-18-8-3-7-17-6-1-2-9-20(17)18/h1-9,12,14,19,21H,10-11,13,15H2,(H3,24,26,27,28)/t19-,21?/m0/s1. The quantitative estimate of drug-likeness (QED) is 0.446. The van der Waals surface area contributed by atoms with Gasteiger partial charge in [-0.15, -0.1) is 0 Å². The number of pyridine rings is 1. The monoisotopic (exact) mass is 372 g/mol. The van der Waals surface area contributed by atoms with Crippen LogP contribution in [0.3, 0.4) is 0 Å². The number of amidine groups is 1. The fraction of sp³-hybridized carbons (Fsp3) is 0.261. The number of urea groups is 1. The third-order valence-corrected chi connectivity index (χ3v) is 5.38. The van der Waals surface area contributed by atoms with Crippen molar-refractivity contribution in [2.24, 2.45) is 11.8 Å². The van der Waals surface area contributed by atoms with Crippen molar-refractivity contribution in [3.8, 4) is 0 Å². The van der Waals surface area contributed by atoms with Crippen LogP contribution in [0.5, 0.6) is 0 Å². The molecule has 1 unspecified atom stereocenters. The molecule has 1 aliphatic rings. The van der Waals surface area contributed by atoms with Crippen molar-refractivity contribution in [1.29, 1.82) is 5.41 Å². The molecule has 142 valence electrons. The molecule has 0 radical (unpaired) electrons. The average molecular weight is 372 g/mol. The number of benzene rings is 2. The smallest absolute Gasteiger partial charge is 0.320 e. The molecule has 3 N–H and O–H groups in total. The van der Waals surface area contributed by atoms with Gasteiger partial charge >= 0.3 is 6.03 Å². The SMILES string of the molecule is N=C(NC(=O)NCc1cccnc1)C1C[C@@H]1CCc1cccc2ccccc12. The molecule has 5 nitrogen and oxygen atoms in total. The maximum absolute atomic E-state index is 12.0. The second kappa shape index (κ2) is 8.21. The number of carbonyl (C=O) groups is 1. The lowest BCUT2D eigenvalue weighted by molar-refractivity contribution is 0.244. The van der Waals surface area contributed by atoms with E-state index in [0.29, 0.717) is 18.3 Å². The van der Waals surface area contributed by atoms with Gasteiger partial charge in [0.15, 0.2) is 0 Å². The van der Waals surface area contributed by atoms with E-state index in [1.165, 1.54) is 16.3 Å². The number of nitrogens with one attached hydrogen (secondary N) is 3. The van der Waals surface area contributed by atoms with Crippen LogP contribution in [0.15, 0.2) is 67.0 Å². The molecule has 5 heteroatoms. The number of fused-ring (bicyclic) bond motifs is 1. The second-order valence-corrected chi connectivity index (χ2v) is 7.36. The summed E-state index contributed by atoms with van der Waals surface area (Å²) in [5, 5.41) is 16.2. The Kier molecular flexibility index (Phi) is 5.33. The molecular formula is C23H24N4O. The Morgan fingerprint density at radius 1 is 1.11 bits per heavy atom. The average Bonchev–Trinajstić information content (AvgIpc) is 3.51. The van der Waals surface area contributed by atoms with Crippen LogP contribution in [0.4, 0.5) is 4.79 Å². The maximum Gasteiger partial charge on any atom is 0.320 e. The molecule has 0 spiro atoms. The van der Waals surface area contributed by atoms with Crippen molar-refractivity contribution in [3.05, 3.63) is 78.1 Å². The molecule has 3 aromatic rings. The Morgan fingerprint density at radius 3 is 2.82 bits per heavy atom. The molecule has 1 aliphatic carbocycles. The summed E-state index contributed by atoms with van der Waals surface area (Å²) in [6.45, 7) is 0.405. The first-order valence-corrected chi connectivity index (χ1v) is 9.69. The molecule has 2 atom stereocenters. The van der Waals surface area contributed by atoms with E-state index in [1.807, 2.05) is 12.1 Å². The van der Waals surface area contributed by atoms with E-state index < -0.39 is 0 Å². The van der Waals surface area contributed by atoms with Gasteiger partial charge in [0.25, 0.3) is 0 Å². The van der Waals surface area contributed by atoms with Crippen molar-refractivity contribution in [2.45, 2.75) is 25.8 Å². The van der Waals surface area contributed by atoms with E-state index in [4.69, 9.17) is 5.41 Å². The molecule has 2 aromatic carbocycles. The van der Waals surface area contributed by atoms with Gasteiger partial charge < -0.3 is 5.32 Å². The van der Waals surface area contributed by atoms with Gasteiger partial charge in [-0.3, -0.25) is 15.7 Å². The first-order chi connectivity index (χ1) is 13.7. The molecule has 1 fully saturated rings. The van der Waals surface area contributed by atoms with Gasteiger partial charge in [0.05, 0.1) is 0 Å². The summed E-state index contributed by atoms with van der Waals surface area (Å²) in [6, 6.07) is 18.3. The minimum atomic E-state index is -0.325. The number of nitrogens with zero attached hydrogens (tertiary/aromatic N) is 1. The zero-order chi connectivity index (χ0) is 19.3. The van der Waals surface area contributed by atoms with E-state index >= 15 is 0 Å². The highest BCUT2D eigenvalue weighted by atomic mass is 16.2. The summed E-state index contributed by atoms with van der Waals surface area (Å²) in [4.78, 5) is 16.0. The third kappa shape index (κ3) is 4.36. The van der Waals surface area contributed by atoms with Gasteiger partial charge in [0.1, 0.15) is 5.84 Å². The minimum Gasteiger partial charge on any atom is -0.334 e. The van der Waals surface area contributed by atoms with E-state index in [2.05, 4.69) is 58.1 Å². The minimum absolute atomic E-state index is 0.166. The lowest BCUT2D eigenvalue weighted by atomic mass is 9.99. The Morgan fingerprint density at radius 2 is 1.96 bits per heavy atom. The topological polar surface area (TPSA) is 77.9 Å². The van der Waals surface area contributed by atoms with Crippen LogP contribution in [0.2, 0.25) is 0 Å². The molecule has 0 aliphatic heterocycles. The Bertz CT molecular complexity index is 981.